The van der Waals surface area contributed by atoms with Gasteiger partial charge in [0.15, 0.2) is 0 Å². The van der Waals surface area contributed by atoms with E-state index in [1.807, 2.05) is 6.92 Å². The third kappa shape index (κ3) is 3.41. The van der Waals surface area contributed by atoms with E-state index >= 15 is 0 Å². The zero-order valence-corrected chi connectivity index (χ0v) is 12.7. The number of rotatable bonds is 7. The molecule has 2 aromatic rings. The Morgan fingerprint density at radius 1 is 1.45 bits per heavy atom. The molecule has 0 radical (unpaired) electrons. The number of aryl methyl sites for hydroxylation is 1. The molecule has 0 unspecified atom stereocenters. The lowest BCUT2D eigenvalue weighted by atomic mass is 10.3. The van der Waals surface area contributed by atoms with E-state index in [1.165, 1.54) is 15.9 Å². The zero-order chi connectivity index (χ0) is 14.5. The lowest BCUT2D eigenvalue weighted by Gasteiger charge is -2.18. The fourth-order valence-corrected chi connectivity index (χ4v) is 2.85. The second kappa shape index (κ2) is 6.92. The van der Waals surface area contributed by atoms with Gasteiger partial charge >= 0.3 is 0 Å². The predicted octanol–water partition coefficient (Wildman–Crippen LogP) is 0.918. The summed E-state index contributed by atoms with van der Waals surface area (Å²) < 4.78 is 1.37. The fraction of sp³-hybridized carbons (Fsp3) is 0.615. The molecule has 0 aliphatic rings. The minimum atomic E-state index is -0.126. The minimum Gasteiger partial charge on any atom is -0.396 e. The van der Waals surface area contributed by atoms with E-state index < -0.39 is 0 Å². The Hall–Kier alpha value is -1.31. The van der Waals surface area contributed by atoms with Crippen molar-refractivity contribution in [3.05, 3.63) is 27.1 Å². The van der Waals surface area contributed by atoms with Crippen LogP contribution in [0.3, 0.4) is 0 Å². The molecule has 0 amide bonds. The van der Waals surface area contributed by atoms with Crippen LogP contribution in [0.4, 0.5) is 0 Å². The summed E-state index contributed by atoms with van der Waals surface area (Å²) in [5.74, 6) is 0. The van der Waals surface area contributed by atoms with Gasteiger partial charge in [0, 0.05) is 25.8 Å². The summed E-state index contributed by atoms with van der Waals surface area (Å²) in [4.78, 5) is 19.4. The first-order valence-corrected chi connectivity index (χ1v) is 7.71. The van der Waals surface area contributed by atoms with Crippen LogP contribution in [-0.4, -0.2) is 44.3 Å². The van der Waals surface area contributed by atoms with Gasteiger partial charge in [-0.25, -0.2) is 4.98 Å². The van der Waals surface area contributed by atoms with Crippen molar-refractivity contribution >= 4 is 16.3 Å². The van der Waals surface area contributed by atoms with E-state index in [0.717, 1.165) is 36.6 Å². The van der Waals surface area contributed by atoms with Crippen LogP contribution in [0.25, 0.3) is 4.96 Å². The van der Waals surface area contributed by atoms with Gasteiger partial charge in [-0.1, -0.05) is 25.2 Å². The average Bonchev–Trinajstić information content (AvgIpc) is 2.87. The first-order valence-electron chi connectivity index (χ1n) is 6.89. The molecular formula is C13H20N4O2S. The predicted molar refractivity (Wildman–Crippen MR) is 79.2 cm³/mol. The molecule has 1 N–H and O–H groups in total. The summed E-state index contributed by atoms with van der Waals surface area (Å²) >= 11 is 1.46. The highest BCUT2D eigenvalue weighted by atomic mass is 32.1. The van der Waals surface area contributed by atoms with Crippen molar-refractivity contribution in [3.8, 4) is 0 Å². The molecule has 20 heavy (non-hydrogen) atoms. The number of hydrogen-bond acceptors (Lipinski definition) is 6. The van der Waals surface area contributed by atoms with E-state index in [1.54, 1.807) is 6.07 Å². The van der Waals surface area contributed by atoms with Crippen molar-refractivity contribution < 1.29 is 5.11 Å². The van der Waals surface area contributed by atoms with Gasteiger partial charge in [0.25, 0.3) is 5.56 Å². The van der Waals surface area contributed by atoms with E-state index in [9.17, 15) is 4.79 Å². The third-order valence-corrected chi connectivity index (χ3v) is 4.16. The van der Waals surface area contributed by atoms with Crippen LogP contribution < -0.4 is 5.56 Å². The molecule has 0 atom stereocenters. The van der Waals surface area contributed by atoms with Crippen LogP contribution in [-0.2, 0) is 13.0 Å². The van der Waals surface area contributed by atoms with E-state index in [2.05, 4.69) is 21.9 Å². The summed E-state index contributed by atoms with van der Waals surface area (Å²) in [6, 6.07) is 1.55. The van der Waals surface area contributed by atoms with Crippen molar-refractivity contribution in [2.45, 2.75) is 33.2 Å². The van der Waals surface area contributed by atoms with E-state index in [4.69, 9.17) is 5.11 Å². The first kappa shape index (κ1) is 15.1. The average molecular weight is 296 g/mol. The van der Waals surface area contributed by atoms with Crippen LogP contribution in [0.2, 0.25) is 0 Å². The second-order valence-electron chi connectivity index (χ2n) is 4.58. The highest BCUT2D eigenvalue weighted by molar-refractivity contribution is 7.16. The maximum absolute atomic E-state index is 12.0. The summed E-state index contributed by atoms with van der Waals surface area (Å²) in [5, 5.41) is 14.0. The first-order chi connectivity index (χ1) is 9.67. The van der Waals surface area contributed by atoms with Crippen LogP contribution in [0.5, 0.6) is 0 Å². The molecule has 0 saturated heterocycles. The summed E-state index contributed by atoms with van der Waals surface area (Å²) in [5.41, 5.74) is 0.639. The van der Waals surface area contributed by atoms with Gasteiger partial charge in [-0.05, 0) is 19.4 Å². The summed E-state index contributed by atoms with van der Waals surface area (Å²) in [6.45, 7) is 6.55. The van der Waals surface area contributed by atoms with Crippen molar-refractivity contribution in [2.75, 3.05) is 19.7 Å². The summed E-state index contributed by atoms with van der Waals surface area (Å²) in [6.07, 6.45) is 1.54. The van der Waals surface area contributed by atoms with Gasteiger partial charge < -0.3 is 5.11 Å². The van der Waals surface area contributed by atoms with Crippen LogP contribution in [0.15, 0.2) is 10.9 Å². The maximum atomic E-state index is 12.0. The fourth-order valence-electron chi connectivity index (χ4n) is 1.99. The SMILES string of the molecule is CCc1nn2c(=O)cc(CN(CC)CCCO)nc2s1. The normalized spacial score (nSPS) is 11.6. The molecule has 7 heteroatoms. The van der Waals surface area contributed by atoms with Gasteiger partial charge in [-0.3, -0.25) is 9.69 Å². The standard InChI is InChI=1S/C13H20N4O2S/c1-3-11-15-17-12(19)8-10(14-13(17)20-11)9-16(4-2)6-5-7-18/h8,18H,3-7,9H2,1-2H3. The van der Waals surface area contributed by atoms with Crippen LogP contribution in [0.1, 0.15) is 31.0 Å². The number of aliphatic hydroxyl groups is 1. The smallest absolute Gasteiger partial charge is 0.275 e. The van der Waals surface area contributed by atoms with Crippen molar-refractivity contribution in [2.24, 2.45) is 0 Å². The van der Waals surface area contributed by atoms with Crippen LogP contribution in [0, 0.1) is 0 Å². The molecule has 0 spiro atoms. The number of fused-ring (bicyclic) bond motifs is 1. The molecule has 0 saturated carbocycles. The third-order valence-electron chi connectivity index (χ3n) is 3.11. The Morgan fingerprint density at radius 3 is 2.90 bits per heavy atom. The zero-order valence-electron chi connectivity index (χ0n) is 11.9. The molecular weight excluding hydrogens is 276 g/mol. The van der Waals surface area contributed by atoms with Gasteiger partial charge in [0.05, 0.1) is 5.69 Å². The molecule has 0 bridgehead atoms. The van der Waals surface area contributed by atoms with Crippen LogP contribution >= 0.6 is 11.3 Å². The molecule has 6 nitrogen and oxygen atoms in total. The Kier molecular flexibility index (Phi) is 5.22. The van der Waals surface area contributed by atoms with Gasteiger partial charge in [-0.2, -0.15) is 9.61 Å². The molecule has 0 fully saturated rings. The van der Waals surface area contributed by atoms with E-state index in [0.29, 0.717) is 11.5 Å². The largest absolute Gasteiger partial charge is 0.396 e. The van der Waals surface area contributed by atoms with Gasteiger partial charge in [0.2, 0.25) is 4.96 Å². The Balaban J connectivity index is 2.23. The van der Waals surface area contributed by atoms with Crippen molar-refractivity contribution in [1.82, 2.24) is 19.5 Å². The number of aliphatic hydroxyl groups excluding tert-OH is 1. The molecule has 2 heterocycles. The Bertz CT molecular complexity index is 622. The topological polar surface area (TPSA) is 70.7 Å². The molecule has 0 aliphatic carbocycles. The highest BCUT2D eigenvalue weighted by Crippen LogP contribution is 2.12. The number of aromatic nitrogens is 3. The monoisotopic (exact) mass is 296 g/mol. The number of nitrogens with zero attached hydrogens (tertiary/aromatic N) is 4. The molecule has 2 rings (SSSR count). The quantitative estimate of drug-likeness (QED) is 0.822. The lowest BCUT2D eigenvalue weighted by molar-refractivity contribution is 0.224. The molecule has 0 aromatic carbocycles. The van der Waals surface area contributed by atoms with Crippen molar-refractivity contribution in [3.63, 3.8) is 0 Å². The summed E-state index contributed by atoms with van der Waals surface area (Å²) in [7, 11) is 0. The Labute approximate surface area is 121 Å². The highest BCUT2D eigenvalue weighted by Gasteiger charge is 2.10. The minimum absolute atomic E-state index is 0.126. The molecule has 2 aromatic heterocycles. The molecule has 0 aliphatic heterocycles. The van der Waals surface area contributed by atoms with E-state index in [-0.39, 0.29) is 12.2 Å². The Morgan fingerprint density at radius 2 is 2.25 bits per heavy atom. The second-order valence-corrected chi connectivity index (χ2v) is 5.62. The van der Waals surface area contributed by atoms with Gasteiger partial charge in [0.1, 0.15) is 5.01 Å². The maximum Gasteiger partial charge on any atom is 0.275 e. The van der Waals surface area contributed by atoms with Gasteiger partial charge in [-0.15, -0.1) is 0 Å². The van der Waals surface area contributed by atoms with Crippen molar-refractivity contribution in [1.29, 1.82) is 0 Å². The molecule has 110 valence electrons. The number of hydrogen-bond donors (Lipinski definition) is 1. The lowest BCUT2D eigenvalue weighted by Crippen LogP contribution is -2.26.